The highest BCUT2D eigenvalue weighted by Gasteiger charge is 2.02. The van der Waals surface area contributed by atoms with Gasteiger partial charge in [0, 0.05) is 0 Å². The number of hydrogen-bond donors (Lipinski definition) is 0. The van der Waals surface area contributed by atoms with Gasteiger partial charge in [0.05, 0.1) is 10.4 Å². The van der Waals surface area contributed by atoms with Crippen molar-refractivity contribution in [2.24, 2.45) is 0 Å². The molecule has 13 heavy (non-hydrogen) atoms. The molecule has 0 saturated carbocycles. The van der Waals surface area contributed by atoms with Crippen LogP contribution in [-0.2, 0) is 0 Å². The maximum absolute atomic E-state index is 5.85. The fraction of sp³-hybridized carbons (Fsp3) is 0.125. The van der Waals surface area contributed by atoms with E-state index in [0.717, 1.165) is 10.4 Å². The van der Waals surface area contributed by atoms with Crippen molar-refractivity contribution in [2.75, 3.05) is 6.26 Å². The van der Waals surface area contributed by atoms with Gasteiger partial charge in [0.25, 0.3) is 0 Å². The normalized spacial score (nSPS) is 10.6. The largest absolute Gasteiger partial charge is 0.224 e. The molecule has 0 aliphatic carbocycles. The first kappa shape index (κ1) is 8.72. The summed E-state index contributed by atoms with van der Waals surface area (Å²) in [6.45, 7) is 0. The Hall–Kier alpha value is -0.870. The standard InChI is InChI=1S/C8H6ClN3S/c1-13-6-3-2-5-7(9)10-4-11-8(5)12-6/h2-4H,1H3. The van der Waals surface area contributed by atoms with Gasteiger partial charge in [-0.15, -0.1) is 11.8 Å². The topological polar surface area (TPSA) is 38.7 Å². The molecule has 66 valence electrons. The molecule has 2 heterocycles. The first-order valence-electron chi connectivity index (χ1n) is 3.62. The van der Waals surface area contributed by atoms with Crippen molar-refractivity contribution in [3.8, 4) is 0 Å². The van der Waals surface area contributed by atoms with Gasteiger partial charge in [-0.25, -0.2) is 15.0 Å². The SMILES string of the molecule is CSc1ccc2c(Cl)ncnc2n1. The van der Waals surface area contributed by atoms with E-state index in [2.05, 4.69) is 15.0 Å². The maximum Gasteiger partial charge on any atom is 0.165 e. The fourth-order valence-corrected chi connectivity index (χ4v) is 1.58. The number of thioether (sulfide) groups is 1. The van der Waals surface area contributed by atoms with Crippen LogP contribution in [0, 0.1) is 0 Å². The summed E-state index contributed by atoms with van der Waals surface area (Å²) in [6.07, 6.45) is 3.39. The molecule has 3 nitrogen and oxygen atoms in total. The molecule has 0 fully saturated rings. The quantitative estimate of drug-likeness (QED) is 0.536. The van der Waals surface area contributed by atoms with Crippen LogP contribution < -0.4 is 0 Å². The zero-order valence-electron chi connectivity index (χ0n) is 6.86. The van der Waals surface area contributed by atoms with E-state index < -0.39 is 0 Å². The third-order valence-corrected chi connectivity index (χ3v) is 2.58. The minimum atomic E-state index is 0.449. The second-order valence-electron chi connectivity index (χ2n) is 2.39. The van der Waals surface area contributed by atoms with Gasteiger partial charge < -0.3 is 0 Å². The monoisotopic (exact) mass is 211 g/mol. The lowest BCUT2D eigenvalue weighted by atomic mass is 10.3. The van der Waals surface area contributed by atoms with Crippen LogP contribution in [0.3, 0.4) is 0 Å². The van der Waals surface area contributed by atoms with Crippen molar-refractivity contribution in [1.82, 2.24) is 15.0 Å². The number of nitrogens with zero attached hydrogens (tertiary/aromatic N) is 3. The summed E-state index contributed by atoms with van der Waals surface area (Å²) in [6, 6.07) is 3.79. The highest BCUT2D eigenvalue weighted by molar-refractivity contribution is 7.98. The minimum absolute atomic E-state index is 0.449. The van der Waals surface area contributed by atoms with E-state index in [0.29, 0.717) is 10.8 Å². The summed E-state index contributed by atoms with van der Waals surface area (Å²) in [5, 5.41) is 2.18. The van der Waals surface area contributed by atoms with Gasteiger partial charge in [-0.2, -0.15) is 0 Å². The Morgan fingerprint density at radius 1 is 1.31 bits per heavy atom. The van der Waals surface area contributed by atoms with Crippen LogP contribution >= 0.6 is 23.4 Å². The lowest BCUT2D eigenvalue weighted by molar-refractivity contribution is 1.11. The van der Waals surface area contributed by atoms with E-state index in [1.165, 1.54) is 6.33 Å². The van der Waals surface area contributed by atoms with E-state index in [4.69, 9.17) is 11.6 Å². The molecule has 0 atom stereocenters. The Labute approximate surface area is 84.6 Å². The maximum atomic E-state index is 5.85. The predicted octanol–water partition coefficient (Wildman–Crippen LogP) is 2.40. The summed E-state index contributed by atoms with van der Waals surface area (Å²) < 4.78 is 0. The molecular weight excluding hydrogens is 206 g/mol. The molecule has 2 rings (SSSR count). The van der Waals surface area contributed by atoms with Crippen LogP contribution in [-0.4, -0.2) is 21.2 Å². The minimum Gasteiger partial charge on any atom is -0.224 e. The molecule has 0 aromatic carbocycles. The second kappa shape index (κ2) is 3.47. The van der Waals surface area contributed by atoms with Crippen LogP contribution in [0.2, 0.25) is 5.15 Å². The van der Waals surface area contributed by atoms with Crippen molar-refractivity contribution >= 4 is 34.4 Å². The van der Waals surface area contributed by atoms with Crippen molar-refractivity contribution in [1.29, 1.82) is 0 Å². The number of pyridine rings is 1. The molecular formula is C8H6ClN3S. The zero-order chi connectivity index (χ0) is 9.26. The third kappa shape index (κ3) is 1.59. The molecule has 0 unspecified atom stereocenters. The number of rotatable bonds is 1. The van der Waals surface area contributed by atoms with Crippen molar-refractivity contribution < 1.29 is 0 Å². The lowest BCUT2D eigenvalue weighted by Crippen LogP contribution is -1.88. The summed E-state index contributed by atoms with van der Waals surface area (Å²) in [7, 11) is 0. The molecule has 0 aliphatic heterocycles. The lowest BCUT2D eigenvalue weighted by Gasteiger charge is -1.99. The second-order valence-corrected chi connectivity index (χ2v) is 3.57. The van der Waals surface area contributed by atoms with Crippen molar-refractivity contribution in [3.05, 3.63) is 23.6 Å². The van der Waals surface area contributed by atoms with Gasteiger partial charge in [0.15, 0.2) is 5.65 Å². The number of halogens is 1. The summed E-state index contributed by atoms with van der Waals surface area (Å²) in [5.74, 6) is 0. The molecule has 0 spiro atoms. The summed E-state index contributed by atoms with van der Waals surface area (Å²) in [5.41, 5.74) is 0.645. The third-order valence-electron chi connectivity index (χ3n) is 1.63. The average Bonchev–Trinajstić information content (AvgIpc) is 2.18. The van der Waals surface area contributed by atoms with E-state index in [9.17, 15) is 0 Å². The first-order chi connectivity index (χ1) is 6.31. The van der Waals surface area contributed by atoms with Gasteiger partial charge in [-0.1, -0.05) is 11.6 Å². The van der Waals surface area contributed by atoms with E-state index >= 15 is 0 Å². The summed E-state index contributed by atoms with van der Waals surface area (Å²) >= 11 is 7.43. The molecule has 2 aromatic heterocycles. The molecule has 5 heteroatoms. The molecule has 0 N–H and O–H groups in total. The number of fused-ring (bicyclic) bond motifs is 1. The Bertz CT molecular complexity index is 446. The zero-order valence-corrected chi connectivity index (χ0v) is 8.43. The Kier molecular flexibility index (Phi) is 2.33. The van der Waals surface area contributed by atoms with Gasteiger partial charge in [0.2, 0.25) is 0 Å². The van der Waals surface area contributed by atoms with Crippen molar-refractivity contribution in [3.63, 3.8) is 0 Å². The van der Waals surface area contributed by atoms with E-state index in [-0.39, 0.29) is 0 Å². The number of aromatic nitrogens is 3. The van der Waals surface area contributed by atoms with Crippen LogP contribution in [0.1, 0.15) is 0 Å². The number of hydrogen-bond acceptors (Lipinski definition) is 4. The highest BCUT2D eigenvalue weighted by Crippen LogP contribution is 2.20. The molecule has 0 bridgehead atoms. The van der Waals surface area contributed by atoms with Gasteiger partial charge in [0.1, 0.15) is 11.5 Å². The van der Waals surface area contributed by atoms with Gasteiger partial charge >= 0.3 is 0 Å². The molecule has 0 radical (unpaired) electrons. The Morgan fingerprint density at radius 2 is 2.15 bits per heavy atom. The van der Waals surface area contributed by atoms with Crippen LogP contribution in [0.5, 0.6) is 0 Å². The van der Waals surface area contributed by atoms with Gasteiger partial charge in [-0.05, 0) is 18.4 Å². The predicted molar refractivity (Wildman–Crippen MR) is 54.1 cm³/mol. The van der Waals surface area contributed by atoms with Gasteiger partial charge in [-0.3, -0.25) is 0 Å². The molecule has 0 saturated heterocycles. The van der Waals surface area contributed by atoms with Crippen molar-refractivity contribution in [2.45, 2.75) is 5.03 Å². The molecule has 0 amide bonds. The van der Waals surface area contributed by atoms with E-state index in [1.807, 2.05) is 18.4 Å². The highest BCUT2D eigenvalue weighted by atomic mass is 35.5. The molecule has 0 aliphatic rings. The smallest absolute Gasteiger partial charge is 0.165 e. The first-order valence-corrected chi connectivity index (χ1v) is 5.23. The van der Waals surface area contributed by atoms with Crippen LogP contribution in [0.15, 0.2) is 23.5 Å². The fourth-order valence-electron chi connectivity index (χ4n) is 1.01. The summed E-state index contributed by atoms with van der Waals surface area (Å²) in [4.78, 5) is 12.2. The van der Waals surface area contributed by atoms with Crippen LogP contribution in [0.25, 0.3) is 11.0 Å². The Morgan fingerprint density at radius 3 is 2.92 bits per heavy atom. The average molecular weight is 212 g/mol. The Balaban J connectivity index is 2.72. The molecule has 2 aromatic rings. The van der Waals surface area contributed by atoms with E-state index in [1.54, 1.807) is 11.8 Å². The van der Waals surface area contributed by atoms with Crippen LogP contribution in [0.4, 0.5) is 0 Å².